The van der Waals surface area contributed by atoms with Crippen molar-refractivity contribution in [3.63, 3.8) is 0 Å². The first kappa shape index (κ1) is 13.2. The molecule has 0 aliphatic carbocycles. The zero-order valence-corrected chi connectivity index (χ0v) is 10.5. The van der Waals surface area contributed by atoms with E-state index < -0.39 is 5.97 Å². The van der Waals surface area contributed by atoms with Gasteiger partial charge in [0.15, 0.2) is 0 Å². The molecule has 0 radical (unpaired) electrons. The lowest BCUT2D eigenvalue weighted by Gasteiger charge is -2.27. The van der Waals surface area contributed by atoms with E-state index in [1.54, 1.807) is 0 Å². The summed E-state index contributed by atoms with van der Waals surface area (Å²) < 4.78 is 0. The fourth-order valence-corrected chi connectivity index (χ4v) is 2.06. The third kappa shape index (κ3) is 2.96. The Morgan fingerprint density at radius 1 is 1.42 bits per heavy atom. The number of aromatic carboxylic acids is 1. The molecule has 1 saturated heterocycles. The number of carboxylic acids is 1. The van der Waals surface area contributed by atoms with Crippen LogP contribution in [0.25, 0.3) is 0 Å². The molecule has 1 fully saturated rings. The number of carbonyl (C=O) groups excluding carboxylic acids is 2. The molecule has 2 heterocycles. The topological polar surface area (TPSA) is 87.6 Å². The van der Waals surface area contributed by atoms with Crippen LogP contribution >= 0.6 is 0 Å². The number of hydrogen-bond acceptors (Lipinski definition) is 4. The van der Waals surface area contributed by atoms with Crippen molar-refractivity contribution in [2.24, 2.45) is 5.92 Å². The highest BCUT2D eigenvalue weighted by atomic mass is 16.4. The third-order valence-electron chi connectivity index (χ3n) is 3.03. The van der Waals surface area contributed by atoms with E-state index in [1.807, 2.05) is 6.92 Å². The van der Waals surface area contributed by atoms with Gasteiger partial charge in [-0.05, 0) is 18.1 Å². The van der Waals surface area contributed by atoms with Crippen LogP contribution in [0.15, 0.2) is 18.3 Å². The molecule has 1 aromatic heterocycles. The van der Waals surface area contributed by atoms with Crippen molar-refractivity contribution in [2.75, 3.05) is 0 Å². The zero-order chi connectivity index (χ0) is 14.0. The molecule has 100 valence electrons. The van der Waals surface area contributed by atoms with Crippen LogP contribution < -0.4 is 0 Å². The summed E-state index contributed by atoms with van der Waals surface area (Å²) >= 11 is 0. The van der Waals surface area contributed by atoms with Crippen LogP contribution in [0, 0.1) is 5.92 Å². The number of aromatic nitrogens is 1. The van der Waals surface area contributed by atoms with Crippen LogP contribution in [-0.4, -0.2) is 32.8 Å². The van der Waals surface area contributed by atoms with Gasteiger partial charge < -0.3 is 5.11 Å². The number of piperidine rings is 1. The fraction of sp³-hybridized carbons (Fsp3) is 0.385. The molecule has 0 spiro atoms. The van der Waals surface area contributed by atoms with E-state index in [4.69, 9.17) is 5.11 Å². The van der Waals surface area contributed by atoms with E-state index in [1.165, 1.54) is 18.3 Å². The number of imide groups is 1. The van der Waals surface area contributed by atoms with Crippen molar-refractivity contribution >= 4 is 17.8 Å². The second kappa shape index (κ2) is 5.17. The predicted octanol–water partition coefficient (Wildman–Crippen LogP) is 1.06. The molecule has 6 nitrogen and oxygen atoms in total. The Bertz CT molecular complexity index is 523. The summed E-state index contributed by atoms with van der Waals surface area (Å²) in [7, 11) is 0. The molecule has 1 N–H and O–H groups in total. The molecule has 2 amide bonds. The second-order valence-electron chi connectivity index (χ2n) is 4.73. The smallest absolute Gasteiger partial charge is 0.335 e. The van der Waals surface area contributed by atoms with Gasteiger partial charge in [0.05, 0.1) is 17.8 Å². The van der Waals surface area contributed by atoms with Gasteiger partial charge in [-0.25, -0.2) is 4.79 Å². The molecule has 2 rings (SSSR count). The number of amides is 2. The molecule has 19 heavy (non-hydrogen) atoms. The van der Waals surface area contributed by atoms with Crippen molar-refractivity contribution in [3.05, 3.63) is 29.6 Å². The molecule has 0 unspecified atom stereocenters. The van der Waals surface area contributed by atoms with Gasteiger partial charge in [0.1, 0.15) is 0 Å². The molecule has 1 aromatic rings. The quantitative estimate of drug-likeness (QED) is 0.823. The lowest BCUT2D eigenvalue weighted by molar-refractivity contribution is -0.150. The number of rotatable bonds is 3. The molecule has 0 bridgehead atoms. The highest BCUT2D eigenvalue weighted by Gasteiger charge is 2.30. The van der Waals surface area contributed by atoms with Crippen molar-refractivity contribution in [1.29, 1.82) is 0 Å². The van der Waals surface area contributed by atoms with Crippen LogP contribution in [0.4, 0.5) is 0 Å². The summed E-state index contributed by atoms with van der Waals surface area (Å²) in [4.78, 5) is 39.6. The number of likely N-dealkylation sites (tertiary alicyclic amines) is 1. The highest BCUT2D eigenvalue weighted by molar-refractivity contribution is 5.97. The number of pyridine rings is 1. The summed E-state index contributed by atoms with van der Waals surface area (Å²) in [6, 6.07) is 2.74. The van der Waals surface area contributed by atoms with Gasteiger partial charge >= 0.3 is 5.97 Å². The minimum absolute atomic E-state index is 0.0332. The number of carboxylic acid groups (broad SMARTS) is 1. The van der Waals surface area contributed by atoms with Gasteiger partial charge in [0, 0.05) is 19.0 Å². The first-order chi connectivity index (χ1) is 8.97. The molecule has 0 saturated carbocycles. The number of nitrogens with zero attached hydrogens (tertiary/aromatic N) is 2. The summed E-state index contributed by atoms with van der Waals surface area (Å²) in [6.45, 7) is 1.89. The van der Waals surface area contributed by atoms with E-state index in [0.29, 0.717) is 18.5 Å². The number of carbonyl (C=O) groups is 3. The van der Waals surface area contributed by atoms with Crippen LogP contribution in [0.3, 0.4) is 0 Å². The molecule has 1 aliphatic heterocycles. The van der Waals surface area contributed by atoms with Crippen molar-refractivity contribution in [3.8, 4) is 0 Å². The SMILES string of the molecule is CC1CC(=O)N(Cc2cc(C(=O)O)ccn2)C(=O)C1. The summed E-state index contributed by atoms with van der Waals surface area (Å²) in [5.74, 6) is -1.46. The van der Waals surface area contributed by atoms with Gasteiger partial charge in [-0.2, -0.15) is 0 Å². The minimum atomic E-state index is -1.06. The van der Waals surface area contributed by atoms with E-state index in [-0.39, 0.29) is 29.8 Å². The van der Waals surface area contributed by atoms with E-state index in [2.05, 4.69) is 4.98 Å². The summed E-state index contributed by atoms with van der Waals surface area (Å²) in [5, 5.41) is 8.88. The monoisotopic (exact) mass is 262 g/mol. The van der Waals surface area contributed by atoms with Crippen molar-refractivity contribution < 1.29 is 19.5 Å². The Morgan fingerprint density at radius 3 is 2.63 bits per heavy atom. The summed E-state index contributed by atoms with van der Waals surface area (Å²) in [6.07, 6.45) is 2.04. The normalized spacial score (nSPS) is 16.8. The zero-order valence-electron chi connectivity index (χ0n) is 10.5. The first-order valence-electron chi connectivity index (χ1n) is 5.99. The maximum absolute atomic E-state index is 11.8. The van der Waals surface area contributed by atoms with Gasteiger partial charge in [0.2, 0.25) is 11.8 Å². The largest absolute Gasteiger partial charge is 0.478 e. The maximum Gasteiger partial charge on any atom is 0.335 e. The van der Waals surface area contributed by atoms with Crippen LogP contribution in [0.5, 0.6) is 0 Å². The predicted molar refractivity (Wildman–Crippen MR) is 65.2 cm³/mol. The summed E-state index contributed by atoms with van der Waals surface area (Å²) in [5.41, 5.74) is 0.492. The van der Waals surface area contributed by atoms with E-state index >= 15 is 0 Å². The Kier molecular flexibility index (Phi) is 3.59. The highest BCUT2D eigenvalue weighted by Crippen LogP contribution is 2.20. The third-order valence-corrected chi connectivity index (χ3v) is 3.03. The lowest BCUT2D eigenvalue weighted by atomic mass is 9.97. The molecule has 6 heteroatoms. The van der Waals surface area contributed by atoms with E-state index in [0.717, 1.165) is 4.90 Å². The molecule has 0 atom stereocenters. The van der Waals surface area contributed by atoms with E-state index in [9.17, 15) is 14.4 Å². The van der Waals surface area contributed by atoms with Crippen LogP contribution in [0.1, 0.15) is 35.8 Å². The molecular formula is C13H14N2O4. The fourth-order valence-electron chi connectivity index (χ4n) is 2.06. The Labute approximate surface area is 110 Å². The molecule has 0 aromatic carbocycles. The van der Waals surface area contributed by atoms with Crippen LogP contribution in [0.2, 0.25) is 0 Å². The Morgan fingerprint density at radius 2 is 2.05 bits per heavy atom. The van der Waals surface area contributed by atoms with Crippen molar-refractivity contribution in [1.82, 2.24) is 9.88 Å². The van der Waals surface area contributed by atoms with Gasteiger partial charge in [-0.3, -0.25) is 19.5 Å². The molecular weight excluding hydrogens is 248 g/mol. The average molecular weight is 262 g/mol. The van der Waals surface area contributed by atoms with Crippen LogP contribution in [-0.2, 0) is 16.1 Å². The van der Waals surface area contributed by atoms with Gasteiger partial charge in [0.25, 0.3) is 0 Å². The maximum atomic E-state index is 11.8. The number of hydrogen-bond donors (Lipinski definition) is 1. The standard InChI is InChI=1S/C13H14N2O4/c1-8-4-11(16)15(12(17)5-8)7-10-6-9(13(18)19)2-3-14-10/h2-3,6,8H,4-5,7H2,1H3,(H,18,19). The average Bonchev–Trinajstić information content (AvgIpc) is 2.34. The first-order valence-corrected chi connectivity index (χ1v) is 5.99. The lowest BCUT2D eigenvalue weighted by Crippen LogP contribution is -2.42. The second-order valence-corrected chi connectivity index (χ2v) is 4.73. The van der Waals surface area contributed by atoms with Crippen molar-refractivity contribution in [2.45, 2.75) is 26.3 Å². The minimum Gasteiger partial charge on any atom is -0.478 e. The Hall–Kier alpha value is -2.24. The van der Waals surface area contributed by atoms with Gasteiger partial charge in [-0.15, -0.1) is 0 Å². The molecule has 1 aliphatic rings. The van der Waals surface area contributed by atoms with Gasteiger partial charge in [-0.1, -0.05) is 6.92 Å². The Balaban J connectivity index is 2.16.